The van der Waals surface area contributed by atoms with Gasteiger partial charge in [-0.25, -0.2) is 18.6 Å². The van der Waals surface area contributed by atoms with Crippen molar-refractivity contribution >= 4 is 28.2 Å². The minimum Gasteiger partial charge on any atom is -0.480 e. The number of nitrogens with two attached hydrogens (primary N) is 1. The number of nitrogens with one attached hydrogen (secondary N) is 1. The molecule has 0 bridgehead atoms. The van der Waals surface area contributed by atoms with Crippen LogP contribution in [-0.2, 0) is 47.9 Å². The van der Waals surface area contributed by atoms with E-state index in [0.717, 1.165) is 54.5 Å². The van der Waals surface area contributed by atoms with Gasteiger partial charge in [0.2, 0.25) is 5.91 Å². The highest BCUT2D eigenvalue weighted by Crippen LogP contribution is 2.37. The molecule has 1 aromatic rings. The fraction of sp³-hybridized carbons (Fsp3) is 0.750. The number of esters is 1. The topological polar surface area (TPSA) is 320 Å². The Balaban J connectivity index is 1.61. The molecule has 23 heteroatoms. The molecule has 0 radical (unpaired) electrons. The lowest BCUT2D eigenvalue weighted by Gasteiger charge is -2.38. The van der Waals surface area contributed by atoms with Crippen LogP contribution >= 0.6 is 0 Å². The number of hydrogen-bond acceptors (Lipinski definition) is 17. The van der Waals surface area contributed by atoms with Gasteiger partial charge in [-0.05, 0) is 19.9 Å². The number of aromatic nitrogens is 2. The zero-order valence-corrected chi connectivity index (χ0v) is 34.0. The van der Waals surface area contributed by atoms with Gasteiger partial charge < -0.3 is 50.0 Å². The summed E-state index contributed by atoms with van der Waals surface area (Å²) >= 11 is 0. The average Bonchev–Trinajstić information content (AvgIpc) is 3.58. The molecule has 0 spiro atoms. The van der Waals surface area contributed by atoms with Gasteiger partial charge in [-0.1, -0.05) is 64.4 Å². The fourth-order valence-corrected chi connectivity index (χ4v) is 8.08. The van der Waals surface area contributed by atoms with E-state index < -0.39 is 126 Å². The third-order valence-corrected chi connectivity index (χ3v) is 11.1. The van der Waals surface area contributed by atoms with Crippen molar-refractivity contribution in [3.05, 3.63) is 45.3 Å². The summed E-state index contributed by atoms with van der Waals surface area (Å²) in [6.45, 7) is 1.28. The second kappa shape index (κ2) is 21.8. The van der Waals surface area contributed by atoms with E-state index in [4.69, 9.17) is 24.7 Å². The van der Waals surface area contributed by atoms with Gasteiger partial charge in [0.1, 0.15) is 48.8 Å². The molecule has 12 unspecified atom stereocenters. The average molecular weight is 864 g/mol. The Morgan fingerprint density at radius 2 is 1.64 bits per heavy atom. The van der Waals surface area contributed by atoms with Crippen LogP contribution in [0.15, 0.2) is 34.0 Å². The Morgan fingerprint density at radius 3 is 2.24 bits per heavy atom. The summed E-state index contributed by atoms with van der Waals surface area (Å²) in [5.41, 5.74) is 3.84. The van der Waals surface area contributed by atoms with Crippen molar-refractivity contribution in [3.8, 4) is 0 Å². The summed E-state index contributed by atoms with van der Waals surface area (Å²) in [7, 11) is -2.87. The van der Waals surface area contributed by atoms with Crippen molar-refractivity contribution in [2.45, 2.75) is 145 Å². The van der Waals surface area contributed by atoms with Crippen molar-refractivity contribution in [3.63, 3.8) is 0 Å². The van der Waals surface area contributed by atoms with Crippen molar-refractivity contribution in [2.24, 2.45) is 5.73 Å². The number of allylic oxidation sites excluding steroid dienone is 1. The van der Waals surface area contributed by atoms with E-state index in [9.17, 15) is 57.4 Å². The first-order chi connectivity index (χ1) is 27.9. The molecule has 4 rings (SSSR count). The van der Waals surface area contributed by atoms with E-state index >= 15 is 0 Å². The summed E-state index contributed by atoms with van der Waals surface area (Å²) in [4.78, 5) is 68.5. The quantitative estimate of drug-likeness (QED) is 0.0316. The molecule has 3 saturated heterocycles. The summed E-state index contributed by atoms with van der Waals surface area (Å²) < 4.78 is 61.8. The molecule has 1 aromatic heterocycles. The second-order valence-corrected chi connectivity index (χ2v) is 16.0. The van der Waals surface area contributed by atoms with Gasteiger partial charge in [0.05, 0.1) is 0 Å². The van der Waals surface area contributed by atoms with Crippen molar-refractivity contribution in [1.29, 1.82) is 0 Å². The number of carbonyl (C=O) groups is 3. The molecular formula is C36H57N5O17S. The van der Waals surface area contributed by atoms with Crippen molar-refractivity contribution in [1.82, 2.24) is 19.4 Å². The minimum absolute atomic E-state index is 0.429. The highest BCUT2D eigenvalue weighted by Gasteiger charge is 2.57. The predicted octanol–water partition coefficient (Wildman–Crippen LogP) is -1.61. The molecule has 3 fully saturated rings. The highest BCUT2D eigenvalue weighted by atomic mass is 32.3. The number of aliphatic hydroxyl groups is 3. The summed E-state index contributed by atoms with van der Waals surface area (Å²) in [6, 6.07) is -2.59. The van der Waals surface area contributed by atoms with Crippen LogP contribution in [-0.4, -0.2) is 165 Å². The monoisotopic (exact) mass is 863 g/mol. The van der Waals surface area contributed by atoms with Crippen LogP contribution < -0.4 is 17.0 Å². The van der Waals surface area contributed by atoms with Crippen LogP contribution in [0.1, 0.15) is 77.4 Å². The number of rotatable bonds is 21. The third-order valence-electron chi connectivity index (χ3n) is 10.6. The molecule has 59 heavy (non-hydrogen) atoms. The van der Waals surface area contributed by atoms with Crippen LogP contribution in [0.4, 0.5) is 0 Å². The molecule has 0 aromatic carbocycles. The van der Waals surface area contributed by atoms with E-state index in [1.807, 2.05) is 4.98 Å². The Hall–Kier alpha value is -3.62. The number of hydrogen-bond donors (Lipinski definition) is 7. The maximum atomic E-state index is 14.4. The molecule has 1 amide bonds. The summed E-state index contributed by atoms with van der Waals surface area (Å²) in [5, 5.41) is 43.6. The fourth-order valence-electron chi connectivity index (χ4n) is 7.59. The number of aromatic amines is 1. The number of aliphatic carboxylic acids is 1. The lowest BCUT2D eigenvalue weighted by Crippen LogP contribution is -2.60. The van der Waals surface area contributed by atoms with Crippen molar-refractivity contribution in [2.75, 3.05) is 27.2 Å². The first-order valence-electron chi connectivity index (χ1n) is 19.6. The molecule has 0 saturated carbocycles. The molecular weight excluding hydrogens is 806 g/mol. The number of likely N-dealkylation sites (N-methyl/N-ethyl adjacent to an activating group) is 2. The molecule has 334 valence electrons. The number of carboxylic acids is 1. The maximum absolute atomic E-state index is 14.4. The number of H-pyrrole nitrogens is 1. The van der Waals surface area contributed by atoms with E-state index in [1.54, 1.807) is 6.08 Å². The van der Waals surface area contributed by atoms with Gasteiger partial charge in [0, 0.05) is 38.5 Å². The van der Waals surface area contributed by atoms with E-state index in [-0.39, 0.29) is 0 Å². The lowest BCUT2D eigenvalue weighted by molar-refractivity contribution is -0.230. The molecule has 3 aliphatic rings. The number of ether oxygens (including phenoxy) is 4. The first kappa shape index (κ1) is 48.1. The van der Waals surface area contributed by atoms with Gasteiger partial charge in [-0.15, -0.1) is 0 Å². The molecule has 12 atom stereocenters. The van der Waals surface area contributed by atoms with Crippen LogP contribution in [0.5, 0.6) is 0 Å². The number of unbranched alkanes of at least 4 members (excludes halogenated alkanes) is 9. The Kier molecular flexibility index (Phi) is 17.7. The third kappa shape index (κ3) is 12.5. The first-order valence-corrected chi connectivity index (χ1v) is 21.0. The summed E-state index contributed by atoms with van der Waals surface area (Å²) in [6.07, 6.45) is -3.84. The Labute approximate surface area is 340 Å². The predicted molar refractivity (Wildman–Crippen MR) is 204 cm³/mol. The van der Waals surface area contributed by atoms with E-state index in [1.165, 1.54) is 50.1 Å². The minimum atomic E-state index is -5.30. The number of carboxylic acid groups (broad SMARTS) is 1. The van der Waals surface area contributed by atoms with E-state index in [0.29, 0.717) is 6.42 Å². The summed E-state index contributed by atoms with van der Waals surface area (Å²) in [5.74, 6) is -3.46. The van der Waals surface area contributed by atoms with Gasteiger partial charge in [-0.2, -0.15) is 8.42 Å². The Bertz CT molecular complexity index is 1830. The smallest absolute Gasteiger partial charge is 0.397 e. The zero-order chi connectivity index (χ0) is 43.6. The van der Waals surface area contributed by atoms with Gasteiger partial charge in [-0.3, -0.25) is 28.6 Å². The number of nitrogens with zero attached hydrogens (tertiary/aromatic N) is 3. The Morgan fingerprint density at radius 1 is 1.00 bits per heavy atom. The SMILES string of the molecule is CCCCCCCCCCCC=CC(=O)OC1CN(C)C(C(OC2OC(CN)C(O)C2OS(=O)(=O)O)C2OC(n3ccc(=O)[nH]c3=O)C(O)C2O)C(=O)N(C)C1C(=O)O. The molecule has 3 aliphatic heterocycles. The molecule has 22 nitrogen and oxygen atoms in total. The lowest BCUT2D eigenvalue weighted by atomic mass is 9.97. The second-order valence-electron chi connectivity index (χ2n) is 15.0. The standard InChI is InChI=1S/C36H57N5O17S/c1-4-5-6-7-8-9-10-11-12-13-14-15-23(43)54-21-19-39(2)25(32(47)40(3)24(21)34(48)49)29(57-35-31(58-59(51,52)53)26(44)20(18-37)55-35)30-27(45)28(46)33(56-30)41-17-16-22(42)38-36(41)50/h14-17,20-21,24-31,33,35,44-46H,4-13,18-19,37H2,1-3H3,(H,48,49)(H,38,42,50)(H,51,52,53). The largest absolute Gasteiger partial charge is 0.480 e. The van der Waals surface area contributed by atoms with Gasteiger partial charge >= 0.3 is 28.0 Å². The molecule has 0 aliphatic carbocycles. The van der Waals surface area contributed by atoms with Gasteiger partial charge in [0.25, 0.3) is 5.56 Å². The molecule has 4 heterocycles. The van der Waals surface area contributed by atoms with Crippen LogP contribution in [0, 0.1) is 0 Å². The van der Waals surface area contributed by atoms with Gasteiger partial charge in [0.15, 0.2) is 24.7 Å². The van der Waals surface area contributed by atoms with Crippen LogP contribution in [0.3, 0.4) is 0 Å². The highest BCUT2D eigenvalue weighted by molar-refractivity contribution is 7.80. The zero-order valence-electron chi connectivity index (χ0n) is 33.2. The normalized spacial score (nSPS) is 31.2. The maximum Gasteiger partial charge on any atom is 0.397 e. The number of aliphatic hydroxyl groups excluding tert-OH is 3. The van der Waals surface area contributed by atoms with Crippen molar-refractivity contribution < 1.29 is 70.9 Å². The van der Waals surface area contributed by atoms with Crippen LogP contribution in [0.25, 0.3) is 0 Å². The van der Waals surface area contributed by atoms with E-state index in [2.05, 4.69) is 11.1 Å². The molecule has 8 N–H and O–H groups in total. The number of amides is 1. The number of carbonyl (C=O) groups excluding carboxylic acids is 2. The van der Waals surface area contributed by atoms with Crippen LogP contribution in [0.2, 0.25) is 0 Å².